The molecule has 2 rings (SSSR count). The van der Waals surface area contributed by atoms with Gasteiger partial charge in [0.25, 0.3) is 0 Å². The van der Waals surface area contributed by atoms with Crippen molar-refractivity contribution in [3.63, 3.8) is 0 Å². The van der Waals surface area contributed by atoms with E-state index in [1.54, 1.807) is 30.3 Å². The van der Waals surface area contributed by atoms with Crippen LogP contribution in [0.2, 0.25) is 0 Å². The van der Waals surface area contributed by atoms with Crippen molar-refractivity contribution in [2.24, 2.45) is 5.11 Å². The summed E-state index contributed by atoms with van der Waals surface area (Å²) in [6.45, 7) is -0.130. The van der Waals surface area contributed by atoms with E-state index in [2.05, 4.69) is 10.0 Å². The van der Waals surface area contributed by atoms with Crippen molar-refractivity contribution < 1.29 is 27.5 Å². The van der Waals surface area contributed by atoms with Gasteiger partial charge in [0.05, 0.1) is 12.5 Å². The fourth-order valence-electron chi connectivity index (χ4n) is 2.39. The maximum atomic E-state index is 12.5. The van der Waals surface area contributed by atoms with Crippen LogP contribution in [0.5, 0.6) is 0 Å². The molecule has 1 aromatic carbocycles. The second-order valence-electron chi connectivity index (χ2n) is 5.17. The lowest BCUT2D eigenvalue weighted by Gasteiger charge is -2.23. The van der Waals surface area contributed by atoms with Crippen molar-refractivity contribution in [2.75, 3.05) is 6.61 Å². The average Bonchev–Trinajstić information content (AvgIpc) is 2.86. The van der Waals surface area contributed by atoms with Gasteiger partial charge in [-0.2, -0.15) is 13.2 Å². The van der Waals surface area contributed by atoms with Crippen LogP contribution < -0.4 is 0 Å². The molecular weight excluding hydrogens is 329 g/mol. The molecule has 1 aromatic rings. The number of rotatable bonds is 5. The van der Waals surface area contributed by atoms with Crippen LogP contribution in [0.1, 0.15) is 12.0 Å². The van der Waals surface area contributed by atoms with E-state index >= 15 is 0 Å². The first-order valence-electron chi connectivity index (χ1n) is 6.96. The van der Waals surface area contributed by atoms with E-state index < -0.39 is 36.7 Å². The van der Waals surface area contributed by atoms with E-state index in [0.29, 0.717) is 4.90 Å². The summed E-state index contributed by atoms with van der Waals surface area (Å²) >= 11 is 0. The largest absolute Gasteiger partial charge is 0.447 e. The third kappa shape index (κ3) is 4.39. The van der Waals surface area contributed by atoms with Gasteiger partial charge in [0.2, 0.25) is 5.91 Å². The number of azide groups is 1. The Balaban J connectivity index is 2.19. The zero-order valence-corrected chi connectivity index (χ0v) is 12.3. The predicted molar refractivity (Wildman–Crippen MR) is 75.7 cm³/mol. The molecule has 10 heteroatoms. The van der Waals surface area contributed by atoms with Gasteiger partial charge in [0, 0.05) is 4.91 Å². The third-order valence-corrected chi connectivity index (χ3v) is 3.41. The van der Waals surface area contributed by atoms with Crippen LogP contribution in [-0.2, 0) is 16.0 Å². The molecule has 0 saturated carbocycles. The van der Waals surface area contributed by atoms with Crippen LogP contribution >= 0.6 is 0 Å². The minimum atomic E-state index is -4.72. The average molecular weight is 342 g/mol. The fourth-order valence-corrected chi connectivity index (χ4v) is 2.39. The maximum Gasteiger partial charge on any atom is 0.416 e. The SMILES string of the molecule is [N-]=[N+]=N[C@H](CC(F)(F)F)C(=O)N1C(=O)OC[C@H]1Cc1ccccc1. The summed E-state index contributed by atoms with van der Waals surface area (Å²) in [5.74, 6) is -1.21. The molecule has 0 radical (unpaired) electrons. The van der Waals surface area contributed by atoms with E-state index in [4.69, 9.17) is 10.3 Å². The molecule has 1 heterocycles. The van der Waals surface area contributed by atoms with Crippen LogP contribution in [0.15, 0.2) is 35.4 Å². The highest BCUT2D eigenvalue weighted by Crippen LogP contribution is 2.26. The van der Waals surface area contributed by atoms with E-state index in [1.165, 1.54) is 0 Å². The van der Waals surface area contributed by atoms with E-state index in [1.807, 2.05) is 0 Å². The predicted octanol–water partition coefficient (Wildman–Crippen LogP) is 3.21. The fraction of sp³-hybridized carbons (Fsp3) is 0.429. The molecule has 2 atom stereocenters. The maximum absolute atomic E-state index is 12.5. The number of carbonyl (C=O) groups excluding carboxylic acids is 2. The number of carbonyl (C=O) groups is 2. The number of amides is 2. The van der Waals surface area contributed by atoms with Crippen molar-refractivity contribution in [1.29, 1.82) is 0 Å². The van der Waals surface area contributed by atoms with Gasteiger partial charge in [-0.25, -0.2) is 9.69 Å². The first-order chi connectivity index (χ1) is 11.3. The van der Waals surface area contributed by atoms with Gasteiger partial charge < -0.3 is 4.74 Å². The molecule has 2 amide bonds. The zero-order chi connectivity index (χ0) is 17.7. The first kappa shape index (κ1) is 17.6. The molecule has 1 aliphatic heterocycles. The number of hydrogen-bond donors (Lipinski definition) is 0. The smallest absolute Gasteiger partial charge is 0.416 e. The lowest BCUT2D eigenvalue weighted by Crippen LogP contribution is -2.46. The monoisotopic (exact) mass is 342 g/mol. The van der Waals surface area contributed by atoms with Gasteiger partial charge in [-0.1, -0.05) is 35.4 Å². The molecule has 7 nitrogen and oxygen atoms in total. The zero-order valence-electron chi connectivity index (χ0n) is 12.3. The highest BCUT2D eigenvalue weighted by Gasteiger charge is 2.44. The van der Waals surface area contributed by atoms with Crippen molar-refractivity contribution >= 4 is 12.0 Å². The number of benzene rings is 1. The number of ether oxygens (including phenoxy) is 1. The summed E-state index contributed by atoms with van der Waals surface area (Å²) in [6, 6.07) is 6.01. The van der Waals surface area contributed by atoms with Gasteiger partial charge in [0.1, 0.15) is 12.6 Å². The Morgan fingerprint density at radius 3 is 2.67 bits per heavy atom. The summed E-state index contributed by atoms with van der Waals surface area (Å²) in [4.78, 5) is 26.9. The van der Waals surface area contributed by atoms with Crippen molar-refractivity contribution in [1.82, 2.24) is 4.90 Å². The number of halogens is 3. The van der Waals surface area contributed by atoms with Crippen LogP contribution in [0.4, 0.5) is 18.0 Å². The normalized spacial score (nSPS) is 18.7. The third-order valence-electron chi connectivity index (χ3n) is 3.41. The standard InChI is InChI=1S/C14H13F3N4O3/c15-14(16,17)7-11(19-20-18)12(22)21-10(8-24-13(21)23)6-9-4-2-1-3-5-9/h1-5,10-11H,6-8H2/t10-,11-/m1/s1. The molecule has 1 aliphatic rings. The Hall–Kier alpha value is -2.74. The molecule has 0 spiro atoms. The Labute approximate surface area is 134 Å². The van der Waals surface area contributed by atoms with Gasteiger partial charge >= 0.3 is 12.3 Å². The first-order valence-corrected chi connectivity index (χ1v) is 6.96. The Bertz CT molecular complexity index is 659. The van der Waals surface area contributed by atoms with Crippen molar-refractivity contribution in [3.05, 3.63) is 46.3 Å². The van der Waals surface area contributed by atoms with Crippen molar-refractivity contribution in [2.45, 2.75) is 31.1 Å². The minimum absolute atomic E-state index is 0.130. The summed E-state index contributed by atoms with van der Waals surface area (Å²) in [5.41, 5.74) is 9.18. The molecule has 128 valence electrons. The van der Waals surface area contributed by atoms with Gasteiger partial charge in [-0.3, -0.25) is 4.79 Å². The second kappa shape index (κ2) is 7.22. The lowest BCUT2D eigenvalue weighted by atomic mass is 10.0. The molecule has 1 fully saturated rings. The summed E-state index contributed by atoms with van der Waals surface area (Å²) in [6.07, 6.45) is -7.17. The number of imide groups is 1. The summed E-state index contributed by atoms with van der Waals surface area (Å²) in [5, 5.41) is 2.89. The van der Waals surface area contributed by atoms with Gasteiger partial charge in [-0.05, 0) is 17.5 Å². The summed E-state index contributed by atoms with van der Waals surface area (Å²) < 4.78 is 42.4. The number of alkyl halides is 3. The molecule has 0 aliphatic carbocycles. The van der Waals surface area contributed by atoms with Crippen LogP contribution in [0.25, 0.3) is 10.4 Å². The topological polar surface area (TPSA) is 95.4 Å². The molecule has 0 aromatic heterocycles. The number of nitrogens with zero attached hydrogens (tertiary/aromatic N) is 4. The van der Waals surface area contributed by atoms with Crippen molar-refractivity contribution in [3.8, 4) is 0 Å². The molecule has 24 heavy (non-hydrogen) atoms. The lowest BCUT2D eigenvalue weighted by molar-refractivity contribution is -0.151. The quantitative estimate of drug-likeness (QED) is 0.467. The number of cyclic esters (lactones) is 1. The Morgan fingerprint density at radius 2 is 2.08 bits per heavy atom. The molecular formula is C14H13F3N4O3. The highest BCUT2D eigenvalue weighted by atomic mass is 19.4. The minimum Gasteiger partial charge on any atom is -0.447 e. The highest BCUT2D eigenvalue weighted by molar-refractivity contribution is 5.96. The molecule has 0 bridgehead atoms. The Kier molecular flexibility index (Phi) is 5.30. The second-order valence-corrected chi connectivity index (χ2v) is 5.17. The van der Waals surface area contributed by atoms with E-state index in [9.17, 15) is 22.8 Å². The van der Waals surface area contributed by atoms with Gasteiger partial charge in [-0.15, -0.1) is 0 Å². The van der Waals surface area contributed by atoms with E-state index in [0.717, 1.165) is 5.56 Å². The molecule has 0 unspecified atom stereocenters. The molecule has 0 N–H and O–H groups in total. The molecule has 1 saturated heterocycles. The van der Waals surface area contributed by atoms with Gasteiger partial charge in [0.15, 0.2) is 0 Å². The van der Waals surface area contributed by atoms with Crippen LogP contribution in [0, 0.1) is 0 Å². The number of hydrogen-bond acceptors (Lipinski definition) is 4. The van der Waals surface area contributed by atoms with E-state index in [-0.39, 0.29) is 13.0 Å². The van der Waals surface area contributed by atoms with Crippen LogP contribution in [-0.4, -0.2) is 41.8 Å². The van der Waals surface area contributed by atoms with Crippen LogP contribution in [0.3, 0.4) is 0 Å². The summed E-state index contributed by atoms with van der Waals surface area (Å²) in [7, 11) is 0. The Morgan fingerprint density at radius 1 is 1.42 bits per heavy atom.